The first-order chi connectivity index (χ1) is 4.85. The quantitative estimate of drug-likeness (QED) is 0.496. The van der Waals surface area contributed by atoms with Crippen molar-refractivity contribution < 1.29 is 2.85 Å². The Bertz CT molecular complexity index is 105. The van der Waals surface area contributed by atoms with Gasteiger partial charge >= 0.3 is 45.5 Å². The van der Waals surface area contributed by atoms with Gasteiger partial charge < -0.3 is 2.85 Å². The maximum absolute atomic E-state index is 3.73. The standard InChI is InChI=1S/C9H16Si.Sr.2H/c1-4-7-10(8-5-2)9-6-3;;;/h4-6,10H,1-3,7-9H2;;;/q;+2;2*-1. The molecule has 0 saturated carbocycles. The summed E-state index contributed by atoms with van der Waals surface area (Å²) in [4.78, 5) is 0. The summed E-state index contributed by atoms with van der Waals surface area (Å²) in [5, 5.41) is 0. The summed E-state index contributed by atoms with van der Waals surface area (Å²) >= 11 is 0. The minimum atomic E-state index is -0.588. The van der Waals surface area contributed by atoms with E-state index in [0.717, 1.165) is 0 Å². The molecule has 0 heterocycles. The van der Waals surface area contributed by atoms with Crippen molar-refractivity contribution in [3.63, 3.8) is 0 Å². The second-order valence-electron chi connectivity index (χ2n) is 2.44. The molecule has 0 N–H and O–H groups in total. The van der Waals surface area contributed by atoms with Crippen LogP contribution in [0.5, 0.6) is 0 Å². The van der Waals surface area contributed by atoms with Crippen molar-refractivity contribution in [1.29, 1.82) is 0 Å². The van der Waals surface area contributed by atoms with E-state index >= 15 is 0 Å². The van der Waals surface area contributed by atoms with Crippen LogP contribution in [0, 0.1) is 0 Å². The van der Waals surface area contributed by atoms with Crippen molar-refractivity contribution in [3.8, 4) is 0 Å². The van der Waals surface area contributed by atoms with Crippen LogP contribution >= 0.6 is 0 Å². The minimum Gasteiger partial charge on any atom is -1.00 e. The SMILES string of the molecule is C=CC[SiH](CC=C)CC=C.[H-].[H-].[Sr+2]. The molecule has 0 aromatic heterocycles. The Morgan fingerprint density at radius 2 is 1.18 bits per heavy atom. The molecule has 60 valence electrons. The van der Waals surface area contributed by atoms with E-state index in [1.54, 1.807) is 0 Å². The fourth-order valence-electron chi connectivity index (χ4n) is 0.996. The summed E-state index contributed by atoms with van der Waals surface area (Å²) < 4.78 is 0. The van der Waals surface area contributed by atoms with Crippen molar-refractivity contribution in [3.05, 3.63) is 38.0 Å². The summed E-state index contributed by atoms with van der Waals surface area (Å²) in [6.45, 7) is 11.2. The molecule has 0 unspecified atom stereocenters. The zero-order valence-electron chi connectivity index (χ0n) is 9.26. The first-order valence-corrected chi connectivity index (χ1v) is 6.12. The van der Waals surface area contributed by atoms with Crippen LogP contribution in [-0.4, -0.2) is 54.3 Å². The third kappa shape index (κ3) is 8.83. The molecule has 0 nitrogen and oxygen atoms in total. The first kappa shape index (κ1) is 14.4. The molecule has 11 heavy (non-hydrogen) atoms. The van der Waals surface area contributed by atoms with Gasteiger partial charge in [0.25, 0.3) is 0 Å². The van der Waals surface area contributed by atoms with E-state index < -0.39 is 8.80 Å². The third-order valence-corrected chi connectivity index (χ3v) is 4.50. The van der Waals surface area contributed by atoms with Gasteiger partial charge in [-0.2, -0.15) is 0 Å². The zero-order chi connectivity index (χ0) is 7.82. The van der Waals surface area contributed by atoms with Crippen LogP contribution in [0.25, 0.3) is 0 Å². The Morgan fingerprint density at radius 3 is 1.36 bits per heavy atom. The fraction of sp³-hybridized carbons (Fsp3) is 0.333. The average molecular weight is 242 g/mol. The monoisotopic (exact) mass is 242 g/mol. The molecular weight excluding hydrogens is 224 g/mol. The summed E-state index contributed by atoms with van der Waals surface area (Å²) in [6.07, 6.45) is 6.05. The van der Waals surface area contributed by atoms with Crippen LogP contribution < -0.4 is 0 Å². The molecule has 0 atom stereocenters. The summed E-state index contributed by atoms with van der Waals surface area (Å²) in [5.74, 6) is 0. The summed E-state index contributed by atoms with van der Waals surface area (Å²) in [7, 11) is -0.588. The van der Waals surface area contributed by atoms with Gasteiger partial charge in [-0.3, -0.25) is 0 Å². The second kappa shape index (κ2) is 10.9. The first-order valence-electron chi connectivity index (χ1n) is 3.67. The molecule has 0 fully saturated rings. The van der Waals surface area contributed by atoms with Crippen LogP contribution in [0.3, 0.4) is 0 Å². The number of allylic oxidation sites excluding steroid dienone is 3. The molecule has 0 amide bonds. The smallest absolute Gasteiger partial charge is 1.00 e. The predicted molar refractivity (Wildman–Crippen MR) is 60.1 cm³/mol. The molecule has 0 saturated heterocycles. The van der Waals surface area contributed by atoms with Gasteiger partial charge in [0.05, 0.1) is 0 Å². The Kier molecular flexibility index (Phi) is 14.3. The molecule has 0 aromatic carbocycles. The molecular formula is C9H18SiSr. The minimum absolute atomic E-state index is 0. The Balaban J connectivity index is -0.000000135. The normalized spacial score (nSPS) is 8.45. The second-order valence-corrected chi connectivity index (χ2v) is 5.59. The van der Waals surface area contributed by atoms with Gasteiger partial charge in [-0.05, 0) is 18.1 Å². The number of rotatable bonds is 6. The van der Waals surface area contributed by atoms with Crippen molar-refractivity contribution in [1.82, 2.24) is 0 Å². The molecule has 0 aliphatic heterocycles. The van der Waals surface area contributed by atoms with Crippen molar-refractivity contribution >= 4 is 54.3 Å². The topological polar surface area (TPSA) is 0 Å². The van der Waals surface area contributed by atoms with Crippen molar-refractivity contribution in [2.75, 3.05) is 0 Å². The van der Waals surface area contributed by atoms with E-state index in [1.807, 2.05) is 18.2 Å². The van der Waals surface area contributed by atoms with E-state index in [9.17, 15) is 0 Å². The Morgan fingerprint density at radius 1 is 0.909 bits per heavy atom. The molecule has 2 heteroatoms. The maximum atomic E-state index is 3.73. The average Bonchev–Trinajstić information content (AvgIpc) is 1.90. The van der Waals surface area contributed by atoms with E-state index in [0.29, 0.717) is 0 Å². The Labute approximate surface area is 112 Å². The van der Waals surface area contributed by atoms with Gasteiger partial charge in [-0.15, -0.1) is 19.7 Å². The van der Waals surface area contributed by atoms with Crippen molar-refractivity contribution in [2.24, 2.45) is 0 Å². The fourth-order valence-corrected chi connectivity index (χ4v) is 2.99. The van der Waals surface area contributed by atoms with Crippen LogP contribution in [0.4, 0.5) is 0 Å². The molecule has 0 aliphatic carbocycles. The third-order valence-electron chi connectivity index (χ3n) is 1.50. The van der Waals surface area contributed by atoms with Crippen LogP contribution in [0.1, 0.15) is 2.85 Å². The van der Waals surface area contributed by atoms with Gasteiger partial charge in [-0.1, -0.05) is 18.2 Å². The van der Waals surface area contributed by atoms with Gasteiger partial charge in [0, 0.05) is 8.80 Å². The van der Waals surface area contributed by atoms with Gasteiger partial charge in [0.15, 0.2) is 0 Å². The summed E-state index contributed by atoms with van der Waals surface area (Å²) in [6, 6.07) is 3.62. The largest absolute Gasteiger partial charge is 2.00 e. The molecule has 0 aromatic rings. The van der Waals surface area contributed by atoms with Gasteiger partial charge in [0.1, 0.15) is 0 Å². The van der Waals surface area contributed by atoms with E-state index in [2.05, 4.69) is 19.7 Å². The van der Waals surface area contributed by atoms with Gasteiger partial charge in [-0.25, -0.2) is 0 Å². The molecule has 0 rings (SSSR count). The van der Waals surface area contributed by atoms with E-state index in [-0.39, 0.29) is 48.3 Å². The number of hydrogen-bond donors (Lipinski definition) is 0. The number of hydrogen-bond acceptors (Lipinski definition) is 0. The molecule has 0 aliphatic rings. The Hall–Kier alpha value is 0.917. The summed E-state index contributed by atoms with van der Waals surface area (Å²) in [5.41, 5.74) is 0. The maximum Gasteiger partial charge on any atom is 2.00 e. The molecule has 0 bridgehead atoms. The zero-order valence-corrected chi connectivity index (χ0v) is 11.9. The van der Waals surface area contributed by atoms with Crippen LogP contribution in [0.2, 0.25) is 18.1 Å². The van der Waals surface area contributed by atoms with Crippen LogP contribution in [0.15, 0.2) is 38.0 Å². The van der Waals surface area contributed by atoms with Crippen LogP contribution in [-0.2, 0) is 0 Å². The molecule has 0 radical (unpaired) electrons. The predicted octanol–water partition coefficient (Wildman–Crippen LogP) is 2.62. The van der Waals surface area contributed by atoms with Gasteiger partial charge in [0.2, 0.25) is 0 Å². The van der Waals surface area contributed by atoms with Crippen molar-refractivity contribution in [2.45, 2.75) is 18.1 Å². The van der Waals surface area contributed by atoms with E-state index in [1.165, 1.54) is 18.1 Å². The molecule has 0 spiro atoms. The van der Waals surface area contributed by atoms with E-state index in [4.69, 9.17) is 0 Å².